The van der Waals surface area contributed by atoms with E-state index in [9.17, 15) is 18.0 Å². The van der Waals surface area contributed by atoms with Crippen molar-refractivity contribution in [1.82, 2.24) is 10.1 Å². The molecule has 1 amide bonds. The zero-order valence-corrected chi connectivity index (χ0v) is 12.2. The van der Waals surface area contributed by atoms with Crippen molar-refractivity contribution in [2.45, 2.75) is 58.2 Å². The number of amides is 1. The van der Waals surface area contributed by atoms with Crippen molar-refractivity contribution >= 4 is 5.91 Å². The molecule has 2 heterocycles. The molecule has 1 fully saturated rings. The number of nitrogens with zero attached hydrogens (tertiary/aromatic N) is 2. The Morgan fingerprint density at radius 1 is 1.38 bits per heavy atom. The third-order valence-electron chi connectivity index (χ3n) is 3.97. The summed E-state index contributed by atoms with van der Waals surface area (Å²) in [6.45, 7) is 3.68. The van der Waals surface area contributed by atoms with Gasteiger partial charge in [0.15, 0.2) is 0 Å². The second-order valence-electron chi connectivity index (χ2n) is 5.44. The molecule has 1 unspecified atom stereocenters. The minimum atomic E-state index is -4.35. The van der Waals surface area contributed by atoms with Crippen molar-refractivity contribution < 1.29 is 22.5 Å². The van der Waals surface area contributed by atoms with Gasteiger partial charge in [-0.1, -0.05) is 5.16 Å². The number of alkyl halides is 3. The van der Waals surface area contributed by atoms with Gasteiger partial charge in [0.2, 0.25) is 5.91 Å². The van der Waals surface area contributed by atoms with E-state index in [1.54, 1.807) is 13.8 Å². The molecule has 1 aliphatic rings. The summed E-state index contributed by atoms with van der Waals surface area (Å²) in [5, 5.41) is 3.78. The van der Waals surface area contributed by atoms with Crippen LogP contribution in [0, 0.1) is 13.8 Å². The fourth-order valence-electron chi connectivity index (χ4n) is 2.80. The summed E-state index contributed by atoms with van der Waals surface area (Å²) in [4.78, 5) is 13.1. The fraction of sp³-hybridized carbons (Fsp3) is 0.714. The highest BCUT2D eigenvalue weighted by Crippen LogP contribution is 2.32. The van der Waals surface area contributed by atoms with Crippen LogP contribution < -0.4 is 0 Å². The summed E-state index contributed by atoms with van der Waals surface area (Å²) in [5.41, 5.74) is 1.50. The molecule has 1 aliphatic heterocycles. The van der Waals surface area contributed by atoms with Crippen LogP contribution in [-0.2, 0) is 11.2 Å². The Morgan fingerprint density at radius 3 is 2.67 bits per heavy atom. The molecule has 2 rings (SSSR count). The number of aromatic nitrogens is 1. The third-order valence-corrected chi connectivity index (χ3v) is 3.97. The summed E-state index contributed by atoms with van der Waals surface area (Å²) in [6.07, 6.45) is -2.79. The van der Waals surface area contributed by atoms with Crippen LogP contribution in [0.1, 0.15) is 42.7 Å². The average molecular weight is 304 g/mol. The van der Waals surface area contributed by atoms with Gasteiger partial charge in [-0.2, -0.15) is 13.2 Å². The Bertz CT molecular complexity index is 491. The second kappa shape index (κ2) is 6.07. The first kappa shape index (κ1) is 15.9. The van der Waals surface area contributed by atoms with Crippen molar-refractivity contribution in [3.05, 3.63) is 17.0 Å². The van der Waals surface area contributed by atoms with E-state index in [1.807, 2.05) is 0 Å². The van der Waals surface area contributed by atoms with Crippen molar-refractivity contribution in [2.24, 2.45) is 0 Å². The van der Waals surface area contributed by atoms with E-state index in [-0.39, 0.29) is 19.4 Å². The highest BCUT2D eigenvalue weighted by atomic mass is 19.4. The van der Waals surface area contributed by atoms with Gasteiger partial charge in [-0.25, -0.2) is 0 Å². The highest BCUT2D eigenvalue weighted by molar-refractivity contribution is 5.77. The Balaban J connectivity index is 2.01. The Hall–Kier alpha value is -1.53. The Morgan fingerprint density at radius 2 is 2.10 bits per heavy atom. The maximum Gasteiger partial charge on any atom is 0.408 e. The maximum absolute atomic E-state index is 13.0. The number of hydrogen-bond donors (Lipinski definition) is 0. The van der Waals surface area contributed by atoms with E-state index in [0.29, 0.717) is 30.7 Å². The molecule has 21 heavy (non-hydrogen) atoms. The second-order valence-corrected chi connectivity index (χ2v) is 5.44. The molecule has 0 saturated carbocycles. The van der Waals surface area contributed by atoms with Gasteiger partial charge in [0.25, 0.3) is 0 Å². The number of aryl methyl sites for hydroxylation is 2. The molecule has 0 spiro atoms. The van der Waals surface area contributed by atoms with Gasteiger partial charge in [0.1, 0.15) is 11.8 Å². The van der Waals surface area contributed by atoms with E-state index in [1.165, 1.54) is 0 Å². The van der Waals surface area contributed by atoms with E-state index < -0.39 is 18.1 Å². The molecule has 0 bridgehead atoms. The zero-order chi connectivity index (χ0) is 15.6. The van der Waals surface area contributed by atoms with E-state index >= 15 is 0 Å². The molecule has 7 heteroatoms. The molecule has 0 aromatic carbocycles. The predicted molar refractivity (Wildman–Crippen MR) is 69.7 cm³/mol. The molecular formula is C14H19F3N2O2. The quantitative estimate of drug-likeness (QED) is 0.861. The minimum absolute atomic E-state index is 0.000557. The predicted octanol–water partition coefficient (Wildman–Crippen LogP) is 3.17. The lowest BCUT2D eigenvalue weighted by atomic mass is 10.00. The SMILES string of the molecule is Cc1noc(C)c1CCC(=O)N1CCCCC1C(F)(F)F. The highest BCUT2D eigenvalue weighted by Gasteiger charge is 2.45. The van der Waals surface area contributed by atoms with Gasteiger partial charge < -0.3 is 9.42 Å². The Kier molecular flexibility index (Phi) is 4.58. The normalized spacial score (nSPS) is 19.9. The lowest BCUT2D eigenvalue weighted by Crippen LogP contribution is -2.51. The van der Waals surface area contributed by atoms with Gasteiger partial charge in [0, 0.05) is 18.5 Å². The third kappa shape index (κ3) is 3.57. The average Bonchev–Trinajstić information content (AvgIpc) is 2.74. The molecule has 1 atom stereocenters. The fourth-order valence-corrected chi connectivity index (χ4v) is 2.80. The van der Waals surface area contributed by atoms with Crippen molar-refractivity contribution in [2.75, 3.05) is 6.54 Å². The van der Waals surface area contributed by atoms with Crippen LogP contribution in [0.25, 0.3) is 0 Å². The molecule has 4 nitrogen and oxygen atoms in total. The van der Waals surface area contributed by atoms with E-state index in [2.05, 4.69) is 5.16 Å². The number of rotatable bonds is 3. The number of carbonyl (C=O) groups is 1. The molecule has 1 aromatic heterocycles. The molecule has 118 valence electrons. The van der Waals surface area contributed by atoms with Gasteiger partial charge in [-0.05, 0) is 39.5 Å². The van der Waals surface area contributed by atoms with Crippen molar-refractivity contribution in [3.63, 3.8) is 0 Å². The molecule has 1 aromatic rings. The van der Waals surface area contributed by atoms with Crippen LogP contribution in [-0.4, -0.2) is 34.7 Å². The number of halogens is 3. The lowest BCUT2D eigenvalue weighted by Gasteiger charge is -2.36. The number of piperidine rings is 1. The number of carbonyl (C=O) groups excluding carboxylic acids is 1. The summed E-state index contributed by atoms with van der Waals surface area (Å²) >= 11 is 0. The molecule has 0 aliphatic carbocycles. The van der Waals surface area contributed by atoms with Gasteiger partial charge in [-0.15, -0.1) is 0 Å². The van der Waals surface area contributed by atoms with Crippen LogP contribution in [0.15, 0.2) is 4.52 Å². The largest absolute Gasteiger partial charge is 0.408 e. The number of likely N-dealkylation sites (tertiary alicyclic amines) is 1. The summed E-state index contributed by atoms with van der Waals surface area (Å²) in [7, 11) is 0. The van der Waals surface area contributed by atoms with Gasteiger partial charge in [0.05, 0.1) is 5.69 Å². The minimum Gasteiger partial charge on any atom is -0.361 e. The van der Waals surface area contributed by atoms with Crippen LogP contribution in [0.5, 0.6) is 0 Å². The zero-order valence-electron chi connectivity index (χ0n) is 12.2. The van der Waals surface area contributed by atoms with Crippen molar-refractivity contribution in [1.29, 1.82) is 0 Å². The molecule has 1 saturated heterocycles. The van der Waals surface area contributed by atoms with Gasteiger partial charge in [-0.3, -0.25) is 4.79 Å². The van der Waals surface area contributed by atoms with Gasteiger partial charge >= 0.3 is 6.18 Å². The smallest absolute Gasteiger partial charge is 0.361 e. The van der Waals surface area contributed by atoms with Crippen molar-refractivity contribution in [3.8, 4) is 0 Å². The van der Waals surface area contributed by atoms with Crippen LogP contribution in [0.4, 0.5) is 13.2 Å². The van der Waals surface area contributed by atoms with E-state index in [4.69, 9.17) is 4.52 Å². The first-order valence-corrected chi connectivity index (χ1v) is 7.08. The van der Waals surface area contributed by atoms with E-state index in [0.717, 1.165) is 10.5 Å². The first-order valence-electron chi connectivity index (χ1n) is 7.08. The lowest BCUT2D eigenvalue weighted by molar-refractivity contribution is -0.195. The van der Waals surface area contributed by atoms with Crippen LogP contribution in [0.2, 0.25) is 0 Å². The van der Waals surface area contributed by atoms with Crippen LogP contribution in [0.3, 0.4) is 0 Å². The summed E-state index contributed by atoms with van der Waals surface area (Å²) in [5.74, 6) is 0.170. The number of hydrogen-bond acceptors (Lipinski definition) is 3. The monoisotopic (exact) mass is 304 g/mol. The molecule has 0 N–H and O–H groups in total. The molecule has 0 radical (unpaired) electrons. The molecular weight excluding hydrogens is 285 g/mol. The van der Waals surface area contributed by atoms with Crippen LogP contribution >= 0.6 is 0 Å². The summed E-state index contributed by atoms with van der Waals surface area (Å²) in [6, 6.07) is -1.64. The standard InChI is InChI=1S/C14H19F3N2O2/c1-9-11(10(2)21-18-9)6-7-13(20)19-8-4-3-5-12(19)14(15,16)17/h12H,3-8H2,1-2H3. The first-order chi connectivity index (χ1) is 9.80. The maximum atomic E-state index is 13.0. The summed E-state index contributed by atoms with van der Waals surface area (Å²) < 4.78 is 43.9. The Labute approximate surface area is 121 Å². The topological polar surface area (TPSA) is 46.3 Å².